The summed E-state index contributed by atoms with van der Waals surface area (Å²) in [7, 11) is -5.16. The molecule has 2 aromatic carbocycles. The van der Waals surface area contributed by atoms with E-state index in [4.69, 9.17) is 28.4 Å². The maximum atomic E-state index is 14.6. The highest BCUT2D eigenvalue weighted by Crippen LogP contribution is 2.59. The van der Waals surface area contributed by atoms with Crippen LogP contribution in [0.15, 0.2) is 72.8 Å². The molecule has 0 aromatic heterocycles. The van der Waals surface area contributed by atoms with Crippen LogP contribution in [0.2, 0.25) is 0 Å². The van der Waals surface area contributed by atoms with Gasteiger partial charge in [-0.3, -0.25) is 47.8 Å². The average molecular weight is 1590 g/mol. The van der Waals surface area contributed by atoms with Crippen LogP contribution in [-0.2, 0) is 77.4 Å². The number of esters is 4. The number of methoxy groups -OCH3 is 2. The molecule has 608 valence electrons. The van der Waals surface area contributed by atoms with Crippen LogP contribution in [0.5, 0.6) is 11.5 Å². The Bertz CT molecular complexity index is 3880. The Balaban J connectivity index is 0.000000253. The van der Waals surface area contributed by atoms with Crippen molar-refractivity contribution in [2.45, 2.75) is 242 Å². The highest BCUT2D eigenvalue weighted by molar-refractivity contribution is 7.92. The van der Waals surface area contributed by atoms with Gasteiger partial charge in [-0.25, -0.2) is 26.4 Å². The van der Waals surface area contributed by atoms with Crippen LogP contribution in [0.1, 0.15) is 206 Å². The quantitative estimate of drug-likeness (QED) is 0.0606. The molecule has 2 aromatic rings. The molecular formula is C78H102F6N4O20S2. The predicted octanol–water partition coefficient (Wildman–Crippen LogP) is 11.4. The van der Waals surface area contributed by atoms with E-state index in [1.54, 1.807) is 52.0 Å². The van der Waals surface area contributed by atoms with E-state index >= 15 is 0 Å². The molecule has 110 heavy (non-hydrogen) atoms. The first-order chi connectivity index (χ1) is 51.0. The minimum Gasteiger partial charge on any atom is -0.497 e. The summed E-state index contributed by atoms with van der Waals surface area (Å²) in [5.74, 6) is -11.6. The normalized spacial score (nSPS) is 30.5. The Morgan fingerprint density at radius 2 is 0.845 bits per heavy atom. The van der Waals surface area contributed by atoms with Gasteiger partial charge in [-0.15, -0.1) is 0 Å². The highest BCUT2D eigenvalue weighted by atomic mass is 32.2. The number of alkyl halides is 6. The van der Waals surface area contributed by atoms with Gasteiger partial charge in [-0.2, -0.15) is 26.3 Å². The van der Waals surface area contributed by atoms with Crippen LogP contribution in [0.3, 0.4) is 0 Å². The molecule has 10 rings (SSSR count). The molecule has 32 heteroatoms. The highest BCUT2D eigenvalue weighted by Gasteiger charge is 2.65. The average Bonchev–Trinajstić information content (AvgIpc) is 1.57. The van der Waals surface area contributed by atoms with Gasteiger partial charge >= 0.3 is 36.2 Å². The van der Waals surface area contributed by atoms with E-state index in [9.17, 15) is 91.1 Å². The Hall–Kier alpha value is -7.90. The number of ketones is 2. The Labute approximate surface area is 638 Å². The van der Waals surface area contributed by atoms with Crippen molar-refractivity contribution in [3.63, 3.8) is 0 Å². The fraction of sp³-hybridized carbons (Fsp3) is 0.667. The fourth-order valence-corrected chi connectivity index (χ4v) is 17.9. The minimum absolute atomic E-state index is 0.00592. The van der Waals surface area contributed by atoms with Gasteiger partial charge in [0.05, 0.1) is 95.5 Å². The number of nitrogens with zero attached hydrogens (tertiary/aromatic N) is 2. The number of ether oxygens (including phenoxy) is 6. The molecule has 2 saturated heterocycles. The van der Waals surface area contributed by atoms with E-state index in [0.29, 0.717) is 103 Å². The third-order valence-electron chi connectivity index (χ3n) is 23.7. The van der Waals surface area contributed by atoms with Gasteiger partial charge in [0.15, 0.2) is 11.6 Å². The first-order valence-corrected chi connectivity index (χ1v) is 40.4. The summed E-state index contributed by atoms with van der Waals surface area (Å²) in [5, 5.41) is 0. The van der Waals surface area contributed by atoms with E-state index in [2.05, 4.69) is 9.44 Å². The smallest absolute Gasteiger partial charge is 0.427 e. The number of rotatable bonds is 18. The zero-order valence-corrected chi connectivity index (χ0v) is 65.8. The number of benzene rings is 2. The van der Waals surface area contributed by atoms with Gasteiger partial charge in [0.2, 0.25) is 54.9 Å². The zero-order chi connectivity index (χ0) is 81.5. The Morgan fingerprint density at radius 1 is 0.518 bits per heavy atom. The molecule has 4 amide bonds. The monoisotopic (exact) mass is 1590 g/mol. The number of fused-ring (bicyclic) bond motifs is 4. The van der Waals surface area contributed by atoms with Gasteiger partial charge < -0.3 is 38.2 Å². The van der Waals surface area contributed by atoms with Crippen molar-refractivity contribution >= 4 is 79.1 Å². The van der Waals surface area contributed by atoms with Crippen LogP contribution < -0.4 is 18.9 Å². The molecule has 4 aliphatic carbocycles. The summed E-state index contributed by atoms with van der Waals surface area (Å²) in [6.45, 7) is 12.7. The second-order valence-corrected chi connectivity index (χ2v) is 37.6. The molecule has 0 bridgehead atoms. The van der Waals surface area contributed by atoms with Crippen molar-refractivity contribution in [1.29, 1.82) is 0 Å². The summed E-state index contributed by atoms with van der Waals surface area (Å²) in [4.78, 5) is 141. The maximum Gasteiger partial charge on any atom is 0.427 e. The molecule has 0 spiro atoms. The lowest BCUT2D eigenvalue weighted by molar-refractivity contribution is -0.257. The number of carbonyl (C=O) groups is 10. The van der Waals surface area contributed by atoms with Crippen molar-refractivity contribution in [3.05, 3.63) is 84.0 Å². The van der Waals surface area contributed by atoms with Crippen molar-refractivity contribution in [3.8, 4) is 11.5 Å². The van der Waals surface area contributed by atoms with Crippen molar-refractivity contribution in [2.75, 3.05) is 27.3 Å². The van der Waals surface area contributed by atoms with Gasteiger partial charge in [0.1, 0.15) is 23.7 Å². The summed E-state index contributed by atoms with van der Waals surface area (Å²) in [5.41, 5.74) is -8.14. The van der Waals surface area contributed by atoms with Gasteiger partial charge in [0.25, 0.3) is 0 Å². The van der Waals surface area contributed by atoms with E-state index in [1.165, 1.54) is 48.3 Å². The van der Waals surface area contributed by atoms with Crippen LogP contribution in [0, 0.1) is 58.2 Å². The largest absolute Gasteiger partial charge is 0.497 e. The van der Waals surface area contributed by atoms with Gasteiger partial charge in [-0.05, 0) is 203 Å². The molecule has 4 heterocycles. The lowest BCUT2D eigenvalue weighted by Gasteiger charge is -2.33. The van der Waals surface area contributed by atoms with Crippen LogP contribution in [-0.4, -0.2) is 170 Å². The summed E-state index contributed by atoms with van der Waals surface area (Å²) in [6, 6.07) is 9.66. The first kappa shape index (κ1) is 86.1. The number of hydrogen-bond donors (Lipinski definition) is 2. The molecular weight excluding hydrogens is 1490 g/mol. The lowest BCUT2D eigenvalue weighted by Crippen LogP contribution is -2.48. The SMILES string of the molecule is COc1ccc(C(=O)O[C@@H]2C[C@H]3C(=O)C[C@]4(C(=O)NS(=O)(=O)C5(C)CC5)C[C@H]4/C=C\CC[C@@H](C)C[C@@H](C)[C@H](CC(=O)OC(C)(C)C(F)(F)F)C(=O)N3C2)cc1.COc1ccc(C(=O)O[C@@H]2C[C@H]3C(=O)C[C@]4(C(=O)NS(=O)(=O)C5(C)CC5)C[C@H]4/C=C\CC[C@H](C)C[C@@H](C)[C@H](CC(=O)OC(C)(C)C(F)(F)F)C(=O)N3C2)cc1. The number of amides is 4. The van der Waals surface area contributed by atoms with E-state index in [0.717, 1.165) is 0 Å². The van der Waals surface area contributed by atoms with Crippen LogP contribution >= 0.6 is 0 Å². The molecule has 0 unspecified atom stereocenters. The number of halogens is 6. The van der Waals surface area contributed by atoms with Crippen molar-refractivity contribution in [2.24, 2.45) is 58.2 Å². The van der Waals surface area contributed by atoms with Crippen LogP contribution in [0.4, 0.5) is 26.3 Å². The molecule has 0 radical (unpaired) electrons. The number of Topliss-reactive ketones (excluding diaryl/α,β-unsaturated/α-hetero) is 2. The lowest BCUT2D eigenvalue weighted by atomic mass is 9.82. The summed E-state index contributed by atoms with van der Waals surface area (Å²) >= 11 is 0. The topological polar surface area (TPSA) is 325 Å². The van der Waals surface area contributed by atoms with Gasteiger partial charge in [-0.1, -0.05) is 52.0 Å². The minimum atomic E-state index is -4.88. The second-order valence-electron chi connectivity index (χ2n) is 33.2. The first-order valence-electron chi connectivity index (χ1n) is 37.5. The standard InChI is InChI=1S/2C39H51F3N2O10S/c2*1-23-9-7-8-10-26-20-38(26,35(49)43-55(50,51)37(5)15-16-37)21-31(45)30-18-28(53-34(48)25-11-13-27(52-6)14-12-25)22-44(30)33(47)29(24(2)17-23)19-32(46)54-36(3,4)39(40,41)42/h2*8,10-14,23-24,26,28-30H,7,9,15-22H2,1-6H3,(H,43,49)/b2*10-8-/t23-,24+,26+,28+,29-,30-,38+;23-,24-,26-,28-,29+,30+,38-/m01/s1. The summed E-state index contributed by atoms with van der Waals surface area (Å²) < 4.78 is 168. The molecule has 4 aliphatic heterocycles. The number of carbonyl (C=O) groups excluding carboxylic acids is 10. The third-order valence-corrected chi connectivity index (χ3v) is 28.0. The van der Waals surface area contributed by atoms with E-state index in [1.807, 2.05) is 38.2 Å². The van der Waals surface area contributed by atoms with Crippen molar-refractivity contribution < 1.29 is 120 Å². The molecule has 14 atom stereocenters. The van der Waals surface area contributed by atoms with E-state index in [-0.39, 0.29) is 61.7 Å². The maximum absolute atomic E-state index is 14.6. The molecule has 6 fully saturated rings. The third kappa shape index (κ3) is 19.6. The molecule has 4 saturated carbocycles. The fourth-order valence-electron chi connectivity index (χ4n) is 15.2. The Kier molecular flexibility index (Phi) is 25.6. The number of allylic oxidation sites excluding steroid dienone is 4. The second kappa shape index (κ2) is 32.7. The molecule has 24 nitrogen and oxygen atoms in total. The van der Waals surface area contributed by atoms with E-state index < -0.39 is 208 Å². The summed E-state index contributed by atoms with van der Waals surface area (Å²) in [6.07, 6.45) is -1.74. The van der Waals surface area contributed by atoms with Crippen molar-refractivity contribution in [1.82, 2.24) is 19.2 Å². The molecule has 8 aliphatic rings. The van der Waals surface area contributed by atoms with Gasteiger partial charge in [0, 0.05) is 25.7 Å². The molecule has 2 N–H and O–H groups in total. The van der Waals surface area contributed by atoms with Crippen LogP contribution in [0.25, 0.3) is 0 Å². The Morgan fingerprint density at radius 3 is 1.15 bits per heavy atom. The number of hydrogen-bond acceptors (Lipinski definition) is 20. The number of sulfonamides is 2. The predicted molar refractivity (Wildman–Crippen MR) is 386 cm³/mol. The zero-order valence-electron chi connectivity index (χ0n) is 64.1. The number of nitrogens with one attached hydrogen (secondary N) is 2.